The quantitative estimate of drug-likeness (QED) is 0.597. The first-order chi connectivity index (χ1) is 15.0. The molecule has 0 radical (unpaired) electrons. The molecule has 3 aromatic rings. The SMILES string of the molecule is O=C(NC1CCN(C(=O)CCn2c(=S)[nH]c3ccccc3c2=O)CC1)c1cccnc1. The highest BCUT2D eigenvalue weighted by Crippen LogP contribution is 2.13. The Bertz CT molecular complexity index is 1210. The van der Waals surface area contributed by atoms with Gasteiger partial charge in [-0.3, -0.25) is 23.9 Å². The molecule has 0 bridgehead atoms. The number of likely N-dealkylation sites (tertiary alicyclic amines) is 1. The topological polar surface area (TPSA) is 100 Å². The first kappa shape index (κ1) is 20.9. The second-order valence-corrected chi connectivity index (χ2v) is 7.94. The Morgan fingerprint density at radius 1 is 1.16 bits per heavy atom. The molecule has 2 amide bonds. The molecule has 8 nitrogen and oxygen atoms in total. The second kappa shape index (κ2) is 9.22. The van der Waals surface area contributed by atoms with Crippen LogP contribution in [0.1, 0.15) is 29.6 Å². The first-order valence-electron chi connectivity index (χ1n) is 10.2. The molecule has 1 aliphatic rings. The number of hydrogen-bond acceptors (Lipinski definition) is 5. The second-order valence-electron chi connectivity index (χ2n) is 7.55. The molecule has 160 valence electrons. The monoisotopic (exact) mass is 437 g/mol. The van der Waals surface area contributed by atoms with Crippen LogP contribution in [0.2, 0.25) is 0 Å². The first-order valence-corrected chi connectivity index (χ1v) is 10.6. The molecule has 0 atom stereocenters. The molecule has 1 saturated heterocycles. The van der Waals surface area contributed by atoms with Crippen molar-refractivity contribution in [2.75, 3.05) is 13.1 Å². The summed E-state index contributed by atoms with van der Waals surface area (Å²) in [6, 6.07) is 10.7. The molecular formula is C22H23N5O3S. The van der Waals surface area contributed by atoms with Gasteiger partial charge in [0.15, 0.2) is 4.77 Å². The fourth-order valence-corrected chi connectivity index (χ4v) is 4.09. The summed E-state index contributed by atoms with van der Waals surface area (Å²) < 4.78 is 1.75. The van der Waals surface area contributed by atoms with E-state index in [1.54, 1.807) is 41.4 Å². The average Bonchev–Trinajstić information content (AvgIpc) is 2.80. The van der Waals surface area contributed by atoms with E-state index >= 15 is 0 Å². The van der Waals surface area contributed by atoms with Crippen LogP contribution in [0, 0.1) is 4.77 Å². The van der Waals surface area contributed by atoms with Crippen LogP contribution in [0.5, 0.6) is 0 Å². The zero-order valence-electron chi connectivity index (χ0n) is 16.9. The number of rotatable bonds is 5. The lowest BCUT2D eigenvalue weighted by molar-refractivity contribution is -0.132. The fraction of sp³-hybridized carbons (Fsp3) is 0.318. The van der Waals surface area contributed by atoms with Gasteiger partial charge in [0, 0.05) is 44.5 Å². The maximum absolute atomic E-state index is 12.7. The van der Waals surface area contributed by atoms with E-state index in [1.165, 1.54) is 10.8 Å². The van der Waals surface area contributed by atoms with Crippen LogP contribution in [0.3, 0.4) is 0 Å². The van der Waals surface area contributed by atoms with Crippen LogP contribution in [0.25, 0.3) is 10.9 Å². The Hall–Kier alpha value is -3.33. The van der Waals surface area contributed by atoms with E-state index in [9.17, 15) is 14.4 Å². The van der Waals surface area contributed by atoms with Gasteiger partial charge in [-0.05, 0) is 49.3 Å². The summed E-state index contributed by atoms with van der Waals surface area (Å²) >= 11 is 5.31. The molecule has 1 aromatic carbocycles. The molecule has 2 N–H and O–H groups in total. The molecular weight excluding hydrogens is 414 g/mol. The molecule has 1 fully saturated rings. The van der Waals surface area contributed by atoms with Crippen LogP contribution in [-0.2, 0) is 11.3 Å². The largest absolute Gasteiger partial charge is 0.349 e. The molecule has 4 rings (SSSR count). The van der Waals surface area contributed by atoms with Crippen molar-refractivity contribution < 1.29 is 9.59 Å². The minimum atomic E-state index is -0.191. The van der Waals surface area contributed by atoms with Crippen molar-refractivity contribution in [3.8, 4) is 0 Å². The molecule has 0 unspecified atom stereocenters. The van der Waals surface area contributed by atoms with Crippen LogP contribution in [-0.4, -0.2) is 50.4 Å². The third-order valence-corrected chi connectivity index (χ3v) is 5.87. The van der Waals surface area contributed by atoms with E-state index in [0.717, 1.165) is 0 Å². The number of carbonyl (C=O) groups is 2. The number of pyridine rings is 1. The van der Waals surface area contributed by atoms with Gasteiger partial charge in [-0.25, -0.2) is 0 Å². The number of nitrogens with one attached hydrogen (secondary N) is 2. The fourth-order valence-electron chi connectivity index (χ4n) is 3.81. The predicted octanol–water partition coefficient (Wildman–Crippen LogP) is 2.27. The number of aromatic amines is 1. The third-order valence-electron chi connectivity index (χ3n) is 5.55. The molecule has 1 aliphatic heterocycles. The molecule has 0 spiro atoms. The number of hydrogen-bond donors (Lipinski definition) is 2. The van der Waals surface area contributed by atoms with Crippen molar-refractivity contribution in [1.29, 1.82) is 0 Å². The maximum atomic E-state index is 12.7. The Balaban J connectivity index is 1.32. The minimum Gasteiger partial charge on any atom is -0.349 e. The lowest BCUT2D eigenvalue weighted by Crippen LogP contribution is -2.46. The average molecular weight is 438 g/mol. The van der Waals surface area contributed by atoms with Gasteiger partial charge >= 0.3 is 0 Å². The van der Waals surface area contributed by atoms with Crippen molar-refractivity contribution in [3.63, 3.8) is 0 Å². The van der Waals surface area contributed by atoms with E-state index in [4.69, 9.17) is 12.2 Å². The van der Waals surface area contributed by atoms with Crippen LogP contribution in [0.15, 0.2) is 53.6 Å². The normalized spacial score (nSPS) is 14.5. The number of fused-ring (bicyclic) bond motifs is 1. The van der Waals surface area contributed by atoms with Gasteiger partial charge in [-0.2, -0.15) is 0 Å². The summed E-state index contributed by atoms with van der Waals surface area (Å²) in [5.41, 5.74) is 1.03. The Morgan fingerprint density at radius 3 is 2.68 bits per heavy atom. The number of nitrogens with zero attached hydrogens (tertiary/aromatic N) is 3. The zero-order valence-corrected chi connectivity index (χ0v) is 17.7. The molecule has 0 aliphatic carbocycles. The van der Waals surface area contributed by atoms with Crippen LogP contribution >= 0.6 is 12.2 Å². The minimum absolute atomic E-state index is 0.0218. The van der Waals surface area contributed by atoms with E-state index in [2.05, 4.69) is 15.3 Å². The van der Waals surface area contributed by atoms with Gasteiger partial charge in [-0.15, -0.1) is 0 Å². The molecule has 31 heavy (non-hydrogen) atoms. The number of piperidine rings is 1. The molecule has 2 aromatic heterocycles. The van der Waals surface area contributed by atoms with Gasteiger partial charge in [0.1, 0.15) is 0 Å². The summed E-state index contributed by atoms with van der Waals surface area (Å²) in [6.07, 6.45) is 4.73. The summed E-state index contributed by atoms with van der Waals surface area (Å²) in [4.78, 5) is 46.4. The standard InChI is InChI=1S/C22H23N5O3S/c28-19(9-13-27-21(30)17-5-1-2-6-18(17)25-22(27)31)26-11-7-16(8-12-26)24-20(29)15-4-3-10-23-14-15/h1-6,10,14,16H,7-9,11-13H2,(H,24,29)(H,25,31). The summed E-state index contributed by atoms with van der Waals surface area (Å²) in [5.74, 6) is -0.172. The number of carbonyl (C=O) groups excluding carboxylic acids is 2. The lowest BCUT2D eigenvalue weighted by Gasteiger charge is -2.32. The van der Waals surface area contributed by atoms with Crippen LogP contribution in [0.4, 0.5) is 0 Å². The van der Waals surface area contributed by atoms with E-state index in [-0.39, 0.29) is 36.4 Å². The summed E-state index contributed by atoms with van der Waals surface area (Å²) in [7, 11) is 0. The Morgan fingerprint density at radius 2 is 1.94 bits per heavy atom. The maximum Gasteiger partial charge on any atom is 0.262 e. The molecule has 0 saturated carbocycles. The number of amides is 2. The summed E-state index contributed by atoms with van der Waals surface area (Å²) in [6.45, 7) is 1.36. The highest BCUT2D eigenvalue weighted by atomic mass is 32.1. The molecule has 3 heterocycles. The number of benzene rings is 1. The third kappa shape index (κ3) is 4.72. The van der Waals surface area contributed by atoms with E-state index in [0.29, 0.717) is 47.2 Å². The van der Waals surface area contributed by atoms with E-state index < -0.39 is 0 Å². The van der Waals surface area contributed by atoms with Gasteiger partial charge < -0.3 is 15.2 Å². The molecule has 9 heteroatoms. The Kier molecular flexibility index (Phi) is 6.22. The number of aromatic nitrogens is 3. The van der Waals surface area contributed by atoms with Crippen molar-refractivity contribution in [1.82, 2.24) is 24.8 Å². The Labute approximate surface area is 183 Å². The smallest absolute Gasteiger partial charge is 0.262 e. The summed E-state index contributed by atoms with van der Waals surface area (Å²) in [5, 5.41) is 3.55. The van der Waals surface area contributed by atoms with Gasteiger partial charge in [0.2, 0.25) is 5.91 Å². The highest BCUT2D eigenvalue weighted by molar-refractivity contribution is 7.71. The number of H-pyrrole nitrogens is 1. The van der Waals surface area contributed by atoms with Crippen molar-refractivity contribution in [2.24, 2.45) is 0 Å². The lowest BCUT2D eigenvalue weighted by atomic mass is 10.0. The van der Waals surface area contributed by atoms with Crippen molar-refractivity contribution >= 4 is 34.9 Å². The van der Waals surface area contributed by atoms with Gasteiger partial charge in [-0.1, -0.05) is 12.1 Å². The number of para-hydroxylation sites is 1. The van der Waals surface area contributed by atoms with E-state index in [1.807, 2.05) is 6.07 Å². The zero-order chi connectivity index (χ0) is 21.8. The van der Waals surface area contributed by atoms with Gasteiger partial charge in [0.05, 0.1) is 16.5 Å². The van der Waals surface area contributed by atoms with Gasteiger partial charge in [0.25, 0.3) is 11.5 Å². The highest BCUT2D eigenvalue weighted by Gasteiger charge is 2.24. The van der Waals surface area contributed by atoms with Crippen molar-refractivity contribution in [2.45, 2.75) is 31.8 Å². The van der Waals surface area contributed by atoms with Crippen LogP contribution < -0.4 is 10.9 Å². The van der Waals surface area contributed by atoms with Crippen molar-refractivity contribution in [3.05, 3.63) is 69.5 Å². The predicted molar refractivity (Wildman–Crippen MR) is 119 cm³/mol.